The molecule has 5 rings (SSSR count). The van der Waals surface area contributed by atoms with Crippen LogP contribution in [0.1, 0.15) is 47.9 Å². The molecule has 1 aliphatic heterocycles. The lowest BCUT2D eigenvalue weighted by Gasteiger charge is -2.32. The van der Waals surface area contributed by atoms with Crippen LogP contribution in [0.5, 0.6) is 5.75 Å². The first kappa shape index (κ1) is 27.3. The molecule has 5 nitrogen and oxygen atoms in total. The first-order valence-corrected chi connectivity index (χ1v) is 14.3. The normalized spacial score (nSPS) is 13.3. The summed E-state index contributed by atoms with van der Waals surface area (Å²) in [5.41, 5.74) is 7.37. The van der Waals surface area contributed by atoms with Gasteiger partial charge in [0.2, 0.25) is 0 Å². The highest BCUT2D eigenvalue weighted by atomic mass is 16.5. The number of hydrogen-bond acceptors (Lipinski definition) is 5. The van der Waals surface area contributed by atoms with Crippen LogP contribution >= 0.6 is 0 Å². The highest BCUT2D eigenvalue weighted by molar-refractivity contribution is 5.71. The van der Waals surface area contributed by atoms with Crippen molar-refractivity contribution < 1.29 is 14.3 Å². The van der Waals surface area contributed by atoms with Gasteiger partial charge in [0.15, 0.2) is 0 Å². The van der Waals surface area contributed by atoms with Crippen LogP contribution in [0.2, 0.25) is 0 Å². The quantitative estimate of drug-likeness (QED) is 0.195. The molecule has 1 N–H and O–H groups in total. The average molecular weight is 535 g/mol. The Hall–Kier alpha value is -4.25. The zero-order valence-corrected chi connectivity index (χ0v) is 23.2. The zero-order chi connectivity index (χ0) is 27.6. The van der Waals surface area contributed by atoms with E-state index in [9.17, 15) is 4.79 Å². The van der Waals surface area contributed by atoms with E-state index < -0.39 is 0 Å². The third-order valence-electron chi connectivity index (χ3n) is 7.49. The summed E-state index contributed by atoms with van der Waals surface area (Å²) in [6.07, 6.45) is 2.56. The molecule has 0 amide bonds. The first-order chi connectivity index (χ1) is 19.7. The van der Waals surface area contributed by atoms with E-state index in [1.165, 1.54) is 16.8 Å². The van der Waals surface area contributed by atoms with E-state index in [-0.39, 0.29) is 11.9 Å². The fraction of sp³-hybridized carbons (Fsp3) is 0.286. The predicted molar refractivity (Wildman–Crippen MR) is 162 cm³/mol. The number of nitrogens with one attached hydrogen (secondary N) is 1. The van der Waals surface area contributed by atoms with Gasteiger partial charge in [-0.25, -0.2) is 0 Å². The summed E-state index contributed by atoms with van der Waals surface area (Å²) in [5.74, 6) is 0.708. The van der Waals surface area contributed by atoms with Crippen molar-refractivity contribution in [3.05, 3.63) is 125 Å². The predicted octanol–water partition coefficient (Wildman–Crippen LogP) is 7.22. The summed E-state index contributed by atoms with van der Waals surface area (Å²) in [7, 11) is 0. The maximum atomic E-state index is 12.3. The number of fused-ring (bicyclic) bond motifs is 1. The van der Waals surface area contributed by atoms with Gasteiger partial charge in [-0.3, -0.25) is 4.79 Å². The Morgan fingerprint density at radius 2 is 1.60 bits per heavy atom. The molecular weight excluding hydrogens is 496 g/mol. The lowest BCUT2D eigenvalue weighted by molar-refractivity contribution is -0.143. The van der Waals surface area contributed by atoms with Crippen molar-refractivity contribution in [2.24, 2.45) is 0 Å². The third-order valence-corrected chi connectivity index (χ3v) is 7.49. The summed E-state index contributed by atoms with van der Waals surface area (Å²) in [6.45, 7) is 5.59. The molecule has 1 aliphatic rings. The number of hydrogen-bond donors (Lipinski definition) is 1. The molecule has 0 saturated heterocycles. The van der Waals surface area contributed by atoms with Gasteiger partial charge in [-0.05, 0) is 72.4 Å². The van der Waals surface area contributed by atoms with Crippen LogP contribution in [-0.4, -0.2) is 32.3 Å². The van der Waals surface area contributed by atoms with Crippen molar-refractivity contribution in [3.63, 3.8) is 0 Å². The Bertz CT molecular complexity index is 1360. The van der Waals surface area contributed by atoms with Gasteiger partial charge in [0.05, 0.1) is 19.6 Å². The van der Waals surface area contributed by atoms with E-state index in [4.69, 9.17) is 9.47 Å². The van der Waals surface area contributed by atoms with Crippen molar-refractivity contribution in [2.75, 3.05) is 36.5 Å². The Labute approximate surface area is 237 Å². The van der Waals surface area contributed by atoms with Crippen LogP contribution in [0.25, 0.3) is 0 Å². The largest absolute Gasteiger partial charge is 0.492 e. The lowest BCUT2D eigenvalue weighted by atomic mass is 9.88. The van der Waals surface area contributed by atoms with Crippen LogP contribution in [0.4, 0.5) is 11.4 Å². The molecule has 1 heterocycles. The molecule has 0 aromatic heterocycles. The van der Waals surface area contributed by atoms with E-state index >= 15 is 0 Å². The molecule has 0 radical (unpaired) electrons. The van der Waals surface area contributed by atoms with Gasteiger partial charge in [-0.1, -0.05) is 72.8 Å². The minimum Gasteiger partial charge on any atom is -0.492 e. The number of anilines is 2. The first-order valence-electron chi connectivity index (χ1n) is 14.3. The smallest absolute Gasteiger partial charge is 0.306 e. The van der Waals surface area contributed by atoms with Gasteiger partial charge in [-0.15, -0.1) is 0 Å². The maximum absolute atomic E-state index is 12.3. The topological polar surface area (TPSA) is 50.8 Å². The molecule has 0 aliphatic carbocycles. The minimum atomic E-state index is -0.173. The second kappa shape index (κ2) is 13.7. The van der Waals surface area contributed by atoms with Gasteiger partial charge in [0.1, 0.15) is 12.4 Å². The van der Waals surface area contributed by atoms with Gasteiger partial charge in [0.25, 0.3) is 0 Å². The van der Waals surface area contributed by atoms with E-state index in [1.807, 2.05) is 55.5 Å². The van der Waals surface area contributed by atoms with Crippen molar-refractivity contribution >= 4 is 17.3 Å². The molecule has 40 heavy (non-hydrogen) atoms. The van der Waals surface area contributed by atoms with E-state index in [0.717, 1.165) is 55.0 Å². The van der Waals surface area contributed by atoms with Crippen molar-refractivity contribution in [2.45, 2.75) is 38.6 Å². The van der Waals surface area contributed by atoms with Crippen LogP contribution in [0, 0.1) is 0 Å². The molecule has 1 atom stereocenters. The molecule has 5 heteroatoms. The molecule has 4 aromatic rings. The fourth-order valence-corrected chi connectivity index (χ4v) is 5.49. The SMILES string of the molecule is CCOC(=O)CC(c1ccccc1)c1ccc(NCc2cccc3c2CCCN3CCOc2ccccc2)cc1. The Morgan fingerprint density at radius 3 is 2.35 bits per heavy atom. The zero-order valence-electron chi connectivity index (χ0n) is 23.2. The average Bonchev–Trinajstić information content (AvgIpc) is 3.00. The molecule has 0 fully saturated rings. The lowest BCUT2D eigenvalue weighted by Crippen LogP contribution is -2.33. The number of ether oxygens (including phenoxy) is 2. The third kappa shape index (κ3) is 7.03. The number of carbonyl (C=O) groups excluding carboxylic acids is 1. The van der Waals surface area contributed by atoms with E-state index in [2.05, 4.69) is 64.8 Å². The Kier molecular flexibility index (Phi) is 9.36. The Balaban J connectivity index is 1.23. The highest BCUT2D eigenvalue weighted by Crippen LogP contribution is 2.32. The molecule has 206 valence electrons. The Morgan fingerprint density at radius 1 is 0.875 bits per heavy atom. The van der Waals surface area contributed by atoms with Gasteiger partial charge < -0.3 is 19.7 Å². The number of rotatable bonds is 12. The summed E-state index contributed by atoms with van der Waals surface area (Å²) in [5, 5.41) is 3.62. The number of nitrogens with zero attached hydrogens (tertiary/aromatic N) is 1. The van der Waals surface area contributed by atoms with E-state index in [0.29, 0.717) is 19.6 Å². The molecule has 0 bridgehead atoms. The molecule has 0 saturated carbocycles. The van der Waals surface area contributed by atoms with Crippen molar-refractivity contribution in [1.82, 2.24) is 0 Å². The second-order valence-electron chi connectivity index (χ2n) is 10.1. The molecule has 1 unspecified atom stereocenters. The van der Waals surface area contributed by atoms with Crippen LogP contribution < -0.4 is 15.0 Å². The van der Waals surface area contributed by atoms with Crippen LogP contribution in [0.15, 0.2) is 103 Å². The van der Waals surface area contributed by atoms with E-state index in [1.54, 1.807) is 0 Å². The van der Waals surface area contributed by atoms with Crippen molar-refractivity contribution in [1.29, 1.82) is 0 Å². The van der Waals surface area contributed by atoms with Crippen LogP contribution in [0.3, 0.4) is 0 Å². The number of para-hydroxylation sites is 1. The number of esters is 1. The standard InChI is InChI=1S/C35H38N2O3/c1-2-39-35(38)25-33(27-11-5-3-6-12-27)28-18-20-30(21-19-28)36-26-29-13-9-17-34-32(29)16-10-22-37(34)23-24-40-31-14-7-4-8-15-31/h3-9,11-15,17-21,33,36H,2,10,16,22-26H2,1H3. The monoisotopic (exact) mass is 534 g/mol. The molecular formula is C35H38N2O3. The highest BCUT2D eigenvalue weighted by Gasteiger charge is 2.20. The second-order valence-corrected chi connectivity index (χ2v) is 10.1. The fourth-order valence-electron chi connectivity index (χ4n) is 5.49. The summed E-state index contributed by atoms with van der Waals surface area (Å²) >= 11 is 0. The molecule has 4 aromatic carbocycles. The number of benzene rings is 4. The maximum Gasteiger partial charge on any atom is 0.306 e. The molecule has 0 spiro atoms. The van der Waals surface area contributed by atoms with Crippen molar-refractivity contribution in [3.8, 4) is 5.75 Å². The minimum absolute atomic E-state index is 0.0349. The number of carbonyl (C=O) groups is 1. The summed E-state index contributed by atoms with van der Waals surface area (Å²) in [6, 6.07) is 35.3. The van der Waals surface area contributed by atoms with Gasteiger partial charge >= 0.3 is 5.97 Å². The summed E-state index contributed by atoms with van der Waals surface area (Å²) < 4.78 is 11.2. The van der Waals surface area contributed by atoms with Crippen LogP contribution in [-0.2, 0) is 22.5 Å². The van der Waals surface area contributed by atoms with Gasteiger partial charge in [-0.2, -0.15) is 0 Å². The summed E-state index contributed by atoms with van der Waals surface area (Å²) in [4.78, 5) is 14.8. The van der Waals surface area contributed by atoms with Gasteiger partial charge in [0, 0.05) is 30.4 Å².